The molecule has 2 bridgehead atoms. The number of H-pyrrole nitrogens is 1. The Kier molecular flexibility index (Phi) is 7.66. The molecule has 5 heterocycles. The van der Waals surface area contributed by atoms with Crippen molar-refractivity contribution in [1.82, 2.24) is 24.5 Å². The molecule has 0 aromatic carbocycles. The third-order valence-corrected chi connectivity index (χ3v) is 9.60. The molecule has 5 rings (SSSR count). The topological polar surface area (TPSA) is 126 Å². The Morgan fingerprint density at radius 2 is 2.03 bits per heavy atom. The van der Waals surface area contributed by atoms with Crippen LogP contribution in [-0.4, -0.2) is 83.1 Å². The molecule has 1 unspecified atom stereocenters. The molecule has 0 saturated carbocycles. The second-order valence-corrected chi connectivity index (χ2v) is 12.4. The first-order valence-electron chi connectivity index (χ1n) is 13.0. The third kappa shape index (κ3) is 5.59. The lowest BCUT2D eigenvalue weighted by Gasteiger charge is -2.49. The molecular formula is C24H36FN7O4S. The molecule has 11 nitrogen and oxygen atoms in total. The average molecular weight is 538 g/mol. The van der Waals surface area contributed by atoms with Crippen molar-refractivity contribution in [2.45, 2.75) is 83.2 Å². The fraction of sp³-hybridized carbons (Fsp3) is 0.708. The zero-order chi connectivity index (χ0) is 26.2. The Bertz CT molecular complexity index is 1190. The van der Waals surface area contributed by atoms with E-state index in [9.17, 15) is 8.42 Å². The van der Waals surface area contributed by atoms with Gasteiger partial charge >= 0.3 is 0 Å². The van der Waals surface area contributed by atoms with Gasteiger partial charge in [-0.3, -0.25) is 5.10 Å². The van der Waals surface area contributed by atoms with E-state index in [2.05, 4.69) is 25.5 Å². The molecule has 3 fully saturated rings. The van der Waals surface area contributed by atoms with Crippen LogP contribution in [0, 0.1) is 12.7 Å². The molecule has 13 heteroatoms. The van der Waals surface area contributed by atoms with E-state index < -0.39 is 15.8 Å². The normalized spacial score (nSPS) is 26.4. The number of sulfonamides is 1. The largest absolute Gasteiger partial charge is 0.379 e. The van der Waals surface area contributed by atoms with Crippen LogP contribution in [0.25, 0.3) is 0 Å². The van der Waals surface area contributed by atoms with Gasteiger partial charge in [0.05, 0.1) is 25.1 Å². The van der Waals surface area contributed by atoms with Crippen LogP contribution in [0.4, 0.5) is 22.0 Å². The number of hydrogen-bond acceptors (Lipinski definition) is 9. The van der Waals surface area contributed by atoms with Gasteiger partial charge in [-0.15, -0.1) is 0 Å². The van der Waals surface area contributed by atoms with Gasteiger partial charge in [-0.05, 0) is 46.0 Å². The van der Waals surface area contributed by atoms with Crippen LogP contribution in [0.3, 0.4) is 0 Å². The van der Waals surface area contributed by atoms with Crippen LogP contribution < -0.4 is 10.2 Å². The maximum atomic E-state index is 15.5. The van der Waals surface area contributed by atoms with Crippen LogP contribution in [0.5, 0.6) is 0 Å². The van der Waals surface area contributed by atoms with Gasteiger partial charge in [-0.1, -0.05) is 6.42 Å². The summed E-state index contributed by atoms with van der Waals surface area (Å²) in [4.78, 5) is 11.1. The Morgan fingerprint density at radius 1 is 1.27 bits per heavy atom. The number of hydrogen-bond donors (Lipinski definition) is 2. The van der Waals surface area contributed by atoms with Gasteiger partial charge in [0.15, 0.2) is 17.5 Å². The van der Waals surface area contributed by atoms with Crippen molar-refractivity contribution in [2.24, 2.45) is 0 Å². The van der Waals surface area contributed by atoms with Crippen LogP contribution in [0.2, 0.25) is 0 Å². The minimum atomic E-state index is -3.27. The maximum absolute atomic E-state index is 15.5. The van der Waals surface area contributed by atoms with E-state index in [1.54, 1.807) is 17.3 Å². The predicted octanol–water partition coefficient (Wildman–Crippen LogP) is 2.87. The molecule has 3 saturated heterocycles. The first-order valence-corrected chi connectivity index (χ1v) is 14.6. The van der Waals surface area contributed by atoms with Crippen molar-refractivity contribution in [3.05, 3.63) is 23.3 Å². The van der Waals surface area contributed by atoms with Gasteiger partial charge < -0.3 is 19.7 Å². The highest BCUT2D eigenvalue weighted by atomic mass is 32.2. The summed E-state index contributed by atoms with van der Waals surface area (Å²) in [7, 11) is -1.38. The summed E-state index contributed by atoms with van der Waals surface area (Å²) in [5, 5.41) is 9.95. The first kappa shape index (κ1) is 26.3. The van der Waals surface area contributed by atoms with E-state index in [0.717, 1.165) is 31.4 Å². The Balaban J connectivity index is 1.41. The van der Waals surface area contributed by atoms with Crippen LogP contribution in [0.15, 0.2) is 6.07 Å². The number of nitrogens with zero attached hydrogens (tertiary/aromatic N) is 5. The van der Waals surface area contributed by atoms with E-state index in [1.165, 1.54) is 0 Å². The van der Waals surface area contributed by atoms with Crippen molar-refractivity contribution >= 4 is 27.6 Å². The minimum absolute atomic E-state index is 0.00404. The summed E-state index contributed by atoms with van der Waals surface area (Å²) < 4.78 is 54.1. The number of aromatic nitrogens is 4. The average Bonchev–Trinajstić information content (AvgIpc) is 3.54. The fourth-order valence-corrected chi connectivity index (χ4v) is 7.24. The Labute approximate surface area is 217 Å². The second kappa shape index (κ2) is 10.8. The quantitative estimate of drug-likeness (QED) is 0.497. The monoisotopic (exact) mass is 537 g/mol. The van der Waals surface area contributed by atoms with Gasteiger partial charge in [0.25, 0.3) is 0 Å². The second-order valence-electron chi connectivity index (χ2n) is 10.2. The van der Waals surface area contributed by atoms with Gasteiger partial charge in [-0.2, -0.15) is 14.4 Å². The lowest BCUT2D eigenvalue weighted by Crippen LogP contribution is -2.58. The number of nitrogens with one attached hydrogen (secondary N) is 2. The minimum Gasteiger partial charge on any atom is -0.379 e. The van der Waals surface area contributed by atoms with Crippen LogP contribution >= 0.6 is 0 Å². The van der Waals surface area contributed by atoms with Crippen molar-refractivity contribution < 1.29 is 22.3 Å². The lowest BCUT2D eigenvalue weighted by atomic mass is 9.83. The standard InChI is InChI=1S/C24H36FN7O4S/c1-4-37(33,34)32-16-6-5-7-17(32)12-18(11-16)31(3)24-26-20(14-36-19-8-9-35-13-19)22(25)23(28-24)27-21-10-15(2)29-30-21/h10,16-19H,4-9,11-14H2,1-3H3,(H2,26,27,28,29,30)/t16-,17+,18?,19-/m0/s1. The SMILES string of the molecule is CCS(=O)(=O)N1[C@@H]2CCC[C@H]1CC(N(C)c1nc(CO[C@H]3CCOC3)c(F)c(Nc3cc(C)[nH]n3)n1)C2. The highest BCUT2D eigenvalue weighted by molar-refractivity contribution is 7.89. The molecule has 204 valence electrons. The summed E-state index contributed by atoms with van der Waals surface area (Å²) in [6, 6.07) is 1.71. The smallest absolute Gasteiger partial charge is 0.227 e. The zero-order valence-electron chi connectivity index (χ0n) is 21.6. The van der Waals surface area contributed by atoms with E-state index in [0.29, 0.717) is 37.8 Å². The number of ether oxygens (including phenoxy) is 2. The molecule has 0 radical (unpaired) electrons. The van der Waals surface area contributed by atoms with Crippen molar-refractivity contribution in [3.63, 3.8) is 0 Å². The van der Waals surface area contributed by atoms with Crippen LogP contribution in [0.1, 0.15) is 56.8 Å². The summed E-state index contributed by atoms with van der Waals surface area (Å²) in [5.74, 6) is 0.367. The summed E-state index contributed by atoms with van der Waals surface area (Å²) in [5.41, 5.74) is 0.990. The van der Waals surface area contributed by atoms with E-state index in [-0.39, 0.29) is 48.1 Å². The number of piperidine rings is 2. The zero-order valence-corrected chi connectivity index (χ0v) is 22.4. The third-order valence-electron chi connectivity index (χ3n) is 7.64. The number of aryl methyl sites for hydroxylation is 1. The molecule has 2 aromatic heterocycles. The van der Waals surface area contributed by atoms with E-state index in [1.807, 2.05) is 18.9 Å². The maximum Gasteiger partial charge on any atom is 0.227 e. The predicted molar refractivity (Wildman–Crippen MR) is 137 cm³/mol. The lowest BCUT2D eigenvalue weighted by molar-refractivity contribution is 0.0287. The Morgan fingerprint density at radius 3 is 2.65 bits per heavy atom. The molecule has 2 aromatic rings. The molecular weight excluding hydrogens is 501 g/mol. The number of rotatable bonds is 9. The molecule has 4 atom stereocenters. The fourth-order valence-electron chi connectivity index (χ4n) is 5.65. The Hall–Kier alpha value is -2.35. The molecule has 37 heavy (non-hydrogen) atoms. The van der Waals surface area contributed by atoms with Gasteiger partial charge in [0.1, 0.15) is 5.69 Å². The number of aromatic amines is 1. The van der Waals surface area contributed by atoms with Gasteiger partial charge in [0, 0.05) is 43.5 Å². The molecule has 0 amide bonds. The van der Waals surface area contributed by atoms with Crippen LogP contribution in [-0.2, 0) is 26.1 Å². The van der Waals surface area contributed by atoms with Crippen molar-refractivity contribution in [1.29, 1.82) is 0 Å². The van der Waals surface area contributed by atoms with Crippen molar-refractivity contribution in [3.8, 4) is 0 Å². The first-order chi connectivity index (χ1) is 17.7. The molecule has 0 spiro atoms. The molecule has 3 aliphatic heterocycles. The van der Waals surface area contributed by atoms with E-state index in [4.69, 9.17) is 9.47 Å². The number of anilines is 3. The molecule has 0 aliphatic carbocycles. The molecule has 2 N–H and O–H groups in total. The summed E-state index contributed by atoms with van der Waals surface area (Å²) in [6.07, 6.45) is 4.75. The highest BCUT2D eigenvalue weighted by Crippen LogP contribution is 2.38. The number of halogens is 1. The summed E-state index contributed by atoms with van der Waals surface area (Å²) >= 11 is 0. The van der Waals surface area contributed by atoms with E-state index >= 15 is 4.39 Å². The number of fused-ring (bicyclic) bond motifs is 2. The summed E-state index contributed by atoms with van der Waals surface area (Å²) in [6.45, 7) is 4.67. The van der Waals surface area contributed by atoms with Gasteiger partial charge in [-0.25, -0.2) is 17.8 Å². The van der Waals surface area contributed by atoms with Gasteiger partial charge in [0.2, 0.25) is 16.0 Å². The van der Waals surface area contributed by atoms with Crippen molar-refractivity contribution in [2.75, 3.05) is 36.2 Å². The highest BCUT2D eigenvalue weighted by Gasteiger charge is 2.45. The molecule has 3 aliphatic rings.